The number of thiazole rings is 1. The molecule has 0 fully saturated rings. The topological polar surface area (TPSA) is 73.1 Å². The van der Waals surface area contributed by atoms with Gasteiger partial charge in [0.15, 0.2) is 16.1 Å². The molecule has 174 valence electrons. The third-order valence-electron chi connectivity index (χ3n) is 4.86. The van der Waals surface area contributed by atoms with Crippen LogP contribution >= 0.6 is 23.1 Å². The number of ether oxygens (including phenoxy) is 1. The Hall–Kier alpha value is -3.50. The molecule has 0 spiro atoms. The minimum absolute atomic E-state index is 0.168. The van der Waals surface area contributed by atoms with Gasteiger partial charge in [-0.2, -0.15) is 0 Å². The molecule has 0 aliphatic rings. The number of carbonyl (C=O) groups excluding carboxylic acids is 1. The van der Waals surface area contributed by atoms with Crippen LogP contribution in [0.25, 0.3) is 11.4 Å². The largest absolute Gasteiger partial charge is 0.495 e. The number of para-hydroxylation sites is 2. The van der Waals surface area contributed by atoms with Crippen molar-refractivity contribution in [1.29, 1.82) is 0 Å². The summed E-state index contributed by atoms with van der Waals surface area (Å²) in [5.74, 6) is 1.00. The molecule has 2 heterocycles. The molecule has 10 heteroatoms. The van der Waals surface area contributed by atoms with Crippen LogP contribution in [0.5, 0.6) is 5.75 Å². The number of thioether (sulfide) groups is 1. The first-order chi connectivity index (χ1) is 16.5. The van der Waals surface area contributed by atoms with E-state index < -0.39 is 0 Å². The number of allylic oxidation sites excluding steroid dienone is 1. The maximum absolute atomic E-state index is 14.3. The number of methoxy groups -OCH3 is 1. The predicted octanol–water partition coefficient (Wildman–Crippen LogP) is 5.71. The van der Waals surface area contributed by atoms with E-state index in [0.717, 1.165) is 5.69 Å². The first-order valence-corrected chi connectivity index (χ1v) is 12.2. The van der Waals surface area contributed by atoms with E-state index in [2.05, 4.69) is 21.8 Å². The molecule has 0 N–H and O–H groups in total. The van der Waals surface area contributed by atoms with E-state index in [1.807, 2.05) is 28.1 Å². The van der Waals surface area contributed by atoms with E-state index in [0.29, 0.717) is 45.4 Å². The van der Waals surface area contributed by atoms with E-state index in [-0.39, 0.29) is 11.7 Å². The Morgan fingerprint density at radius 2 is 2.00 bits per heavy atom. The summed E-state index contributed by atoms with van der Waals surface area (Å²) in [6.45, 7) is 5.72. The standard InChI is InChI=1S/C24H22FN5O2S2/c1-4-13-29-22(18-9-5-6-10-19(18)25)27-28-24(29)34-15-17-14-33-23(26-17)30(16(2)31)20-11-7-8-12-21(20)32-3/h4-12,14H,1,13,15H2,2-3H3. The molecular formula is C24H22FN5O2S2. The number of benzene rings is 2. The van der Waals surface area contributed by atoms with Crippen LogP contribution in [0.3, 0.4) is 0 Å². The molecule has 0 radical (unpaired) electrons. The van der Waals surface area contributed by atoms with Gasteiger partial charge in [0.05, 0.1) is 24.1 Å². The molecule has 4 rings (SSSR count). The molecule has 4 aromatic rings. The summed E-state index contributed by atoms with van der Waals surface area (Å²) in [5, 5.41) is 11.6. The predicted molar refractivity (Wildman–Crippen MR) is 133 cm³/mol. The van der Waals surface area contributed by atoms with Crippen molar-refractivity contribution in [3.63, 3.8) is 0 Å². The number of anilines is 2. The number of amides is 1. The second kappa shape index (κ2) is 10.6. The van der Waals surface area contributed by atoms with Crippen molar-refractivity contribution in [3.05, 3.63) is 78.1 Å². The molecular weight excluding hydrogens is 473 g/mol. The van der Waals surface area contributed by atoms with Gasteiger partial charge in [0, 0.05) is 24.6 Å². The van der Waals surface area contributed by atoms with Crippen LogP contribution in [0.1, 0.15) is 12.6 Å². The monoisotopic (exact) mass is 495 g/mol. The average molecular weight is 496 g/mol. The zero-order chi connectivity index (χ0) is 24.1. The van der Waals surface area contributed by atoms with E-state index in [4.69, 9.17) is 4.74 Å². The van der Waals surface area contributed by atoms with Crippen LogP contribution in [-0.2, 0) is 17.1 Å². The van der Waals surface area contributed by atoms with Crippen molar-refractivity contribution in [2.75, 3.05) is 12.0 Å². The molecule has 0 saturated heterocycles. The highest BCUT2D eigenvalue weighted by Gasteiger charge is 2.22. The van der Waals surface area contributed by atoms with E-state index >= 15 is 0 Å². The number of aromatic nitrogens is 4. The molecule has 1 amide bonds. The lowest BCUT2D eigenvalue weighted by atomic mass is 10.2. The Morgan fingerprint density at radius 3 is 2.74 bits per heavy atom. The zero-order valence-electron chi connectivity index (χ0n) is 18.6. The molecule has 7 nitrogen and oxygen atoms in total. The molecule has 2 aromatic heterocycles. The van der Waals surface area contributed by atoms with Crippen LogP contribution in [0.15, 0.2) is 71.7 Å². The van der Waals surface area contributed by atoms with Gasteiger partial charge < -0.3 is 4.74 Å². The summed E-state index contributed by atoms with van der Waals surface area (Å²) in [6, 6.07) is 13.8. The smallest absolute Gasteiger partial charge is 0.230 e. The van der Waals surface area contributed by atoms with Crippen LogP contribution in [0, 0.1) is 5.82 Å². The number of halogens is 1. The molecule has 34 heavy (non-hydrogen) atoms. The van der Waals surface area contributed by atoms with Gasteiger partial charge in [-0.3, -0.25) is 14.3 Å². The first kappa shape index (κ1) is 23.7. The van der Waals surface area contributed by atoms with Gasteiger partial charge in [-0.1, -0.05) is 42.1 Å². The quantitative estimate of drug-likeness (QED) is 0.219. The summed E-state index contributed by atoms with van der Waals surface area (Å²) in [4.78, 5) is 18.7. The Bertz CT molecular complexity index is 1320. The fourth-order valence-corrected chi connectivity index (χ4v) is 5.18. The summed E-state index contributed by atoms with van der Waals surface area (Å²) in [7, 11) is 1.57. The lowest BCUT2D eigenvalue weighted by Crippen LogP contribution is -2.23. The van der Waals surface area contributed by atoms with Crippen molar-refractivity contribution < 1.29 is 13.9 Å². The van der Waals surface area contributed by atoms with E-state index in [1.165, 1.54) is 41.0 Å². The minimum atomic E-state index is -0.360. The highest BCUT2D eigenvalue weighted by Crippen LogP contribution is 2.36. The highest BCUT2D eigenvalue weighted by molar-refractivity contribution is 7.98. The van der Waals surface area contributed by atoms with Crippen molar-refractivity contribution in [1.82, 2.24) is 19.7 Å². The van der Waals surface area contributed by atoms with Crippen molar-refractivity contribution in [2.45, 2.75) is 24.4 Å². The van der Waals surface area contributed by atoms with E-state index in [1.54, 1.807) is 37.5 Å². The van der Waals surface area contributed by atoms with Gasteiger partial charge in [-0.25, -0.2) is 9.37 Å². The SMILES string of the molecule is C=CCn1c(SCc2csc(N(C(C)=O)c3ccccc3OC)n2)nnc1-c1ccccc1F. The van der Waals surface area contributed by atoms with E-state index in [9.17, 15) is 9.18 Å². The first-order valence-electron chi connectivity index (χ1n) is 10.3. The second-order valence-corrected chi connectivity index (χ2v) is 8.90. The second-order valence-electron chi connectivity index (χ2n) is 7.12. The van der Waals surface area contributed by atoms with Gasteiger partial charge in [-0.15, -0.1) is 28.1 Å². The van der Waals surface area contributed by atoms with Gasteiger partial charge in [-0.05, 0) is 24.3 Å². The fraction of sp³-hybridized carbons (Fsp3) is 0.167. The lowest BCUT2D eigenvalue weighted by molar-refractivity contribution is -0.115. The Morgan fingerprint density at radius 1 is 1.24 bits per heavy atom. The average Bonchev–Trinajstić information content (AvgIpc) is 3.46. The number of hydrogen-bond acceptors (Lipinski definition) is 7. The van der Waals surface area contributed by atoms with Crippen LogP contribution in [0.4, 0.5) is 15.2 Å². The lowest BCUT2D eigenvalue weighted by Gasteiger charge is -2.20. The molecule has 0 saturated carbocycles. The number of rotatable bonds is 9. The molecule has 0 atom stereocenters. The Kier molecular flexibility index (Phi) is 7.39. The molecule has 0 unspecified atom stereocenters. The zero-order valence-corrected chi connectivity index (χ0v) is 20.3. The molecule has 0 aliphatic carbocycles. The van der Waals surface area contributed by atoms with Gasteiger partial charge in [0.1, 0.15) is 11.6 Å². The summed E-state index contributed by atoms with van der Waals surface area (Å²) < 4.78 is 21.6. The Balaban J connectivity index is 1.57. The van der Waals surface area contributed by atoms with Crippen LogP contribution in [-0.4, -0.2) is 32.8 Å². The number of nitrogens with zero attached hydrogens (tertiary/aromatic N) is 5. The van der Waals surface area contributed by atoms with Gasteiger partial charge in [0.2, 0.25) is 5.91 Å². The summed E-state index contributed by atoms with van der Waals surface area (Å²) >= 11 is 2.80. The fourth-order valence-electron chi connectivity index (χ4n) is 3.36. The van der Waals surface area contributed by atoms with Crippen LogP contribution in [0.2, 0.25) is 0 Å². The van der Waals surface area contributed by atoms with Crippen molar-refractivity contribution in [2.24, 2.45) is 0 Å². The van der Waals surface area contributed by atoms with Gasteiger partial charge >= 0.3 is 0 Å². The maximum Gasteiger partial charge on any atom is 0.230 e. The minimum Gasteiger partial charge on any atom is -0.495 e. The normalized spacial score (nSPS) is 10.8. The summed E-state index contributed by atoms with van der Waals surface area (Å²) in [6.07, 6.45) is 1.72. The van der Waals surface area contributed by atoms with Crippen LogP contribution < -0.4 is 9.64 Å². The highest BCUT2D eigenvalue weighted by atomic mass is 32.2. The van der Waals surface area contributed by atoms with Crippen molar-refractivity contribution >= 4 is 39.8 Å². The van der Waals surface area contributed by atoms with Crippen molar-refractivity contribution in [3.8, 4) is 17.1 Å². The number of hydrogen-bond donors (Lipinski definition) is 0. The summed E-state index contributed by atoms with van der Waals surface area (Å²) in [5.41, 5.74) is 1.80. The third kappa shape index (κ3) is 4.87. The molecule has 2 aromatic carbocycles. The Labute approximate surface area is 204 Å². The van der Waals surface area contributed by atoms with Gasteiger partial charge in [0.25, 0.3) is 0 Å². The molecule has 0 aliphatic heterocycles. The number of carbonyl (C=O) groups is 1. The maximum atomic E-state index is 14.3. The third-order valence-corrected chi connectivity index (χ3v) is 6.74. The molecule has 0 bridgehead atoms.